The Labute approximate surface area is 132 Å². The van der Waals surface area contributed by atoms with Crippen LogP contribution in [-0.2, 0) is 4.79 Å². The molecule has 21 heavy (non-hydrogen) atoms. The van der Waals surface area contributed by atoms with Gasteiger partial charge in [-0.3, -0.25) is 9.69 Å². The third-order valence-electron chi connectivity index (χ3n) is 4.06. The topological polar surface area (TPSA) is 40.5 Å². The average Bonchev–Trinajstić information content (AvgIpc) is 3.12. The number of thiophene rings is 2. The summed E-state index contributed by atoms with van der Waals surface area (Å²) in [6.07, 6.45) is 1.76. The standard InChI is InChI=1S/C16H19NO2S2/c1-11-4-5-14(21-11)15(13-6-8-20-10-13)17-7-2-3-12(9-17)16(18)19/h4-6,8,10,12,15H,2-3,7,9H2,1H3,(H,18,19). The van der Waals surface area contributed by atoms with Crippen molar-refractivity contribution in [1.82, 2.24) is 4.90 Å². The third kappa shape index (κ3) is 3.20. The van der Waals surface area contributed by atoms with E-state index in [2.05, 4.69) is 40.8 Å². The van der Waals surface area contributed by atoms with Crippen LogP contribution in [0.15, 0.2) is 29.0 Å². The minimum atomic E-state index is -0.661. The lowest BCUT2D eigenvalue weighted by atomic mass is 9.95. The van der Waals surface area contributed by atoms with Gasteiger partial charge in [0.25, 0.3) is 0 Å². The molecule has 3 rings (SSSR count). The molecule has 0 bridgehead atoms. The highest BCUT2D eigenvalue weighted by Gasteiger charge is 2.31. The highest BCUT2D eigenvalue weighted by Crippen LogP contribution is 2.36. The summed E-state index contributed by atoms with van der Waals surface area (Å²) < 4.78 is 0. The fourth-order valence-corrected chi connectivity index (χ4v) is 4.75. The Morgan fingerprint density at radius 1 is 1.43 bits per heavy atom. The largest absolute Gasteiger partial charge is 0.481 e. The first-order valence-corrected chi connectivity index (χ1v) is 8.96. The van der Waals surface area contributed by atoms with Gasteiger partial charge in [-0.05, 0) is 60.8 Å². The van der Waals surface area contributed by atoms with Gasteiger partial charge in [-0.25, -0.2) is 0 Å². The molecule has 1 aliphatic rings. The molecule has 1 saturated heterocycles. The van der Waals surface area contributed by atoms with Crippen LogP contribution in [0, 0.1) is 12.8 Å². The summed E-state index contributed by atoms with van der Waals surface area (Å²) in [4.78, 5) is 16.3. The number of hydrogen-bond donors (Lipinski definition) is 1. The van der Waals surface area contributed by atoms with Gasteiger partial charge in [0, 0.05) is 16.3 Å². The molecule has 5 heteroatoms. The van der Waals surface area contributed by atoms with E-state index in [-0.39, 0.29) is 12.0 Å². The summed E-state index contributed by atoms with van der Waals surface area (Å²) in [6, 6.07) is 6.71. The van der Waals surface area contributed by atoms with Gasteiger partial charge in [0.1, 0.15) is 0 Å². The predicted octanol–water partition coefficient (Wildman–Crippen LogP) is 4.00. The van der Waals surface area contributed by atoms with Crippen molar-refractivity contribution in [3.8, 4) is 0 Å². The summed E-state index contributed by atoms with van der Waals surface area (Å²) in [5, 5.41) is 13.6. The van der Waals surface area contributed by atoms with E-state index in [1.165, 1.54) is 15.3 Å². The molecule has 2 atom stereocenters. The van der Waals surface area contributed by atoms with Gasteiger partial charge in [-0.1, -0.05) is 0 Å². The number of likely N-dealkylation sites (tertiary alicyclic amines) is 1. The lowest BCUT2D eigenvalue weighted by Gasteiger charge is -2.36. The first-order valence-electron chi connectivity index (χ1n) is 7.20. The number of carboxylic acids is 1. The maximum absolute atomic E-state index is 11.3. The number of aryl methyl sites for hydroxylation is 1. The Bertz CT molecular complexity index is 606. The quantitative estimate of drug-likeness (QED) is 0.925. The van der Waals surface area contributed by atoms with E-state index >= 15 is 0 Å². The van der Waals surface area contributed by atoms with Crippen LogP contribution in [0.1, 0.15) is 34.2 Å². The molecule has 0 saturated carbocycles. The van der Waals surface area contributed by atoms with Crippen LogP contribution in [0.2, 0.25) is 0 Å². The molecule has 1 aliphatic heterocycles. The molecule has 1 fully saturated rings. The van der Waals surface area contributed by atoms with Crippen LogP contribution in [0.4, 0.5) is 0 Å². The summed E-state index contributed by atoms with van der Waals surface area (Å²) in [7, 11) is 0. The molecular formula is C16H19NO2S2. The van der Waals surface area contributed by atoms with E-state index in [1.54, 1.807) is 11.3 Å². The molecule has 0 spiro atoms. The smallest absolute Gasteiger partial charge is 0.307 e. The molecule has 1 N–H and O–H groups in total. The van der Waals surface area contributed by atoms with Crippen molar-refractivity contribution >= 4 is 28.6 Å². The van der Waals surface area contributed by atoms with Gasteiger partial charge in [-0.2, -0.15) is 11.3 Å². The van der Waals surface area contributed by atoms with Crippen molar-refractivity contribution < 1.29 is 9.90 Å². The number of aliphatic carboxylic acids is 1. The van der Waals surface area contributed by atoms with Crippen molar-refractivity contribution in [3.63, 3.8) is 0 Å². The van der Waals surface area contributed by atoms with Crippen molar-refractivity contribution in [1.29, 1.82) is 0 Å². The normalized spacial score (nSPS) is 21.3. The van der Waals surface area contributed by atoms with Crippen LogP contribution < -0.4 is 0 Å². The van der Waals surface area contributed by atoms with Crippen LogP contribution in [0.5, 0.6) is 0 Å². The molecule has 2 aromatic heterocycles. The van der Waals surface area contributed by atoms with Gasteiger partial charge < -0.3 is 5.11 Å². The number of piperidine rings is 1. The molecule has 2 unspecified atom stereocenters. The number of rotatable bonds is 4. The van der Waals surface area contributed by atoms with E-state index in [0.717, 1.165) is 19.4 Å². The lowest BCUT2D eigenvalue weighted by molar-refractivity contribution is -0.143. The van der Waals surface area contributed by atoms with Crippen LogP contribution in [-0.4, -0.2) is 29.1 Å². The van der Waals surface area contributed by atoms with Crippen molar-refractivity contribution in [2.45, 2.75) is 25.8 Å². The maximum Gasteiger partial charge on any atom is 0.307 e. The summed E-state index contributed by atoms with van der Waals surface area (Å²) in [5.74, 6) is -0.896. The molecule has 0 radical (unpaired) electrons. The van der Waals surface area contributed by atoms with E-state index in [1.807, 2.05) is 11.3 Å². The molecule has 0 aromatic carbocycles. The van der Waals surface area contributed by atoms with E-state index in [0.29, 0.717) is 6.54 Å². The Kier molecular flexibility index (Phi) is 4.42. The van der Waals surface area contributed by atoms with Crippen molar-refractivity contribution in [3.05, 3.63) is 44.3 Å². The average molecular weight is 321 g/mol. The van der Waals surface area contributed by atoms with E-state index < -0.39 is 5.97 Å². The second-order valence-electron chi connectivity index (χ2n) is 5.58. The minimum absolute atomic E-state index is 0.206. The minimum Gasteiger partial charge on any atom is -0.481 e. The fraction of sp³-hybridized carbons (Fsp3) is 0.438. The monoisotopic (exact) mass is 321 g/mol. The SMILES string of the molecule is Cc1ccc(C(c2ccsc2)N2CCCC(C(=O)O)C2)s1. The fourth-order valence-electron chi connectivity index (χ4n) is 3.03. The molecule has 112 valence electrons. The number of carbonyl (C=O) groups is 1. The highest BCUT2D eigenvalue weighted by molar-refractivity contribution is 7.12. The number of hydrogen-bond acceptors (Lipinski definition) is 4. The van der Waals surface area contributed by atoms with Crippen LogP contribution >= 0.6 is 22.7 Å². The predicted molar refractivity (Wildman–Crippen MR) is 87.2 cm³/mol. The van der Waals surface area contributed by atoms with Gasteiger partial charge in [0.05, 0.1) is 12.0 Å². The van der Waals surface area contributed by atoms with E-state index in [9.17, 15) is 9.90 Å². The lowest BCUT2D eigenvalue weighted by Crippen LogP contribution is -2.40. The molecule has 0 amide bonds. The van der Waals surface area contributed by atoms with Crippen molar-refractivity contribution in [2.75, 3.05) is 13.1 Å². The summed E-state index contributed by atoms with van der Waals surface area (Å²) in [5.41, 5.74) is 1.29. The van der Waals surface area contributed by atoms with Crippen LogP contribution in [0.3, 0.4) is 0 Å². The van der Waals surface area contributed by atoms with Crippen molar-refractivity contribution in [2.24, 2.45) is 5.92 Å². The summed E-state index contributed by atoms with van der Waals surface area (Å²) >= 11 is 3.52. The number of carboxylic acid groups (broad SMARTS) is 1. The zero-order valence-corrected chi connectivity index (χ0v) is 13.6. The molecule has 2 aromatic rings. The first kappa shape index (κ1) is 14.8. The Balaban J connectivity index is 1.90. The zero-order valence-electron chi connectivity index (χ0n) is 12.0. The van der Waals surface area contributed by atoms with Gasteiger partial charge in [-0.15, -0.1) is 11.3 Å². The highest BCUT2D eigenvalue weighted by atomic mass is 32.1. The molecule has 3 nitrogen and oxygen atoms in total. The second-order valence-corrected chi connectivity index (χ2v) is 7.68. The summed E-state index contributed by atoms with van der Waals surface area (Å²) in [6.45, 7) is 3.74. The third-order valence-corrected chi connectivity index (χ3v) is 5.81. The Hall–Kier alpha value is -1.17. The first-order chi connectivity index (χ1) is 10.1. The maximum atomic E-state index is 11.3. The molecular weight excluding hydrogens is 302 g/mol. The number of nitrogens with zero attached hydrogens (tertiary/aromatic N) is 1. The van der Waals surface area contributed by atoms with Gasteiger partial charge in [0.15, 0.2) is 0 Å². The second kappa shape index (κ2) is 6.30. The van der Waals surface area contributed by atoms with Gasteiger partial charge in [0.2, 0.25) is 0 Å². The zero-order chi connectivity index (χ0) is 14.8. The Morgan fingerprint density at radius 2 is 2.29 bits per heavy atom. The molecule has 3 heterocycles. The van der Waals surface area contributed by atoms with Gasteiger partial charge >= 0.3 is 5.97 Å². The molecule has 0 aliphatic carbocycles. The Morgan fingerprint density at radius 3 is 2.90 bits per heavy atom. The van der Waals surface area contributed by atoms with E-state index in [4.69, 9.17) is 0 Å². The van der Waals surface area contributed by atoms with Crippen LogP contribution in [0.25, 0.3) is 0 Å².